The fourth-order valence-corrected chi connectivity index (χ4v) is 2.84. The average molecular weight is 284 g/mol. The first-order valence-corrected chi connectivity index (χ1v) is 7.58. The van der Waals surface area contributed by atoms with E-state index in [1.807, 2.05) is 18.2 Å². The Hall–Kier alpha value is -0.730. The molecule has 1 aromatic carbocycles. The molecular formula is C16H26ClNO. The highest BCUT2D eigenvalue weighted by Gasteiger charge is 2.18. The van der Waals surface area contributed by atoms with E-state index >= 15 is 0 Å². The summed E-state index contributed by atoms with van der Waals surface area (Å²) < 4.78 is 5.39. The molecule has 1 aromatic rings. The largest absolute Gasteiger partial charge is 0.496 e. The van der Waals surface area contributed by atoms with Gasteiger partial charge in [0.2, 0.25) is 0 Å². The predicted octanol–water partition coefficient (Wildman–Crippen LogP) is 4.43. The molecule has 1 unspecified atom stereocenters. The minimum Gasteiger partial charge on any atom is -0.496 e. The SMILES string of the molecule is CCCC(CCC)C(N)Cc1cc(Cl)ccc1OC. The van der Waals surface area contributed by atoms with Crippen molar-refractivity contribution in [2.45, 2.75) is 52.0 Å². The molecule has 3 heteroatoms. The molecule has 0 saturated heterocycles. The highest BCUT2D eigenvalue weighted by Crippen LogP contribution is 2.26. The lowest BCUT2D eigenvalue weighted by atomic mass is 9.87. The summed E-state index contributed by atoms with van der Waals surface area (Å²) in [6, 6.07) is 5.91. The second kappa shape index (κ2) is 8.44. The van der Waals surface area contributed by atoms with Gasteiger partial charge in [0, 0.05) is 11.1 Å². The summed E-state index contributed by atoms with van der Waals surface area (Å²) >= 11 is 6.06. The number of benzene rings is 1. The van der Waals surface area contributed by atoms with Crippen LogP contribution in [-0.2, 0) is 6.42 Å². The van der Waals surface area contributed by atoms with Crippen molar-refractivity contribution in [3.8, 4) is 5.75 Å². The molecule has 0 radical (unpaired) electrons. The number of nitrogens with two attached hydrogens (primary N) is 1. The summed E-state index contributed by atoms with van der Waals surface area (Å²) in [6.45, 7) is 4.44. The van der Waals surface area contributed by atoms with Gasteiger partial charge in [-0.25, -0.2) is 0 Å². The Bertz CT molecular complexity index is 375. The van der Waals surface area contributed by atoms with Crippen molar-refractivity contribution in [3.63, 3.8) is 0 Å². The van der Waals surface area contributed by atoms with Gasteiger partial charge in [-0.05, 0) is 48.9 Å². The molecule has 0 fully saturated rings. The average Bonchev–Trinajstić information content (AvgIpc) is 2.38. The van der Waals surface area contributed by atoms with Crippen molar-refractivity contribution in [2.75, 3.05) is 7.11 Å². The van der Waals surface area contributed by atoms with E-state index in [1.54, 1.807) is 7.11 Å². The van der Waals surface area contributed by atoms with Crippen LogP contribution in [0.4, 0.5) is 0 Å². The Morgan fingerprint density at radius 2 is 1.84 bits per heavy atom. The summed E-state index contributed by atoms with van der Waals surface area (Å²) in [6.07, 6.45) is 5.58. The highest BCUT2D eigenvalue weighted by atomic mass is 35.5. The first-order valence-electron chi connectivity index (χ1n) is 7.20. The second-order valence-electron chi connectivity index (χ2n) is 5.16. The molecule has 0 bridgehead atoms. The van der Waals surface area contributed by atoms with Crippen molar-refractivity contribution in [1.29, 1.82) is 0 Å². The minimum absolute atomic E-state index is 0.173. The zero-order chi connectivity index (χ0) is 14.3. The molecule has 108 valence electrons. The van der Waals surface area contributed by atoms with E-state index in [-0.39, 0.29) is 6.04 Å². The van der Waals surface area contributed by atoms with E-state index in [2.05, 4.69) is 13.8 Å². The van der Waals surface area contributed by atoms with Crippen LogP contribution in [0.25, 0.3) is 0 Å². The van der Waals surface area contributed by atoms with E-state index in [1.165, 1.54) is 25.7 Å². The maximum absolute atomic E-state index is 6.40. The van der Waals surface area contributed by atoms with Gasteiger partial charge < -0.3 is 10.5 Å². The molecule has 0 amide bonds. The van der Waals surface area contributed by atoms with Gasteiger partial charge in [0.25, 0.3) is 0 Å². The number of hydrogen-bond donors (Lipinski definition) is 1. The van der Waals surface area contributed by atoms with Crippen LogP contribution in [0.5, 0.6) is 5.75 Å². The molecule has 0 saturated carbocycles. The molecule has 2 nitrogen and oxygen atoms in total. The smallest absolute Gasteiger partial charge is 0.122 e. The lowest BCUT2D eigenvalue weighted by Crippen LogP contribution is -2.32. The van der Waals surface area contributed by atoms with Crippen molar-refractivity contribution < 1.29 is 4.74 Å². The highest BCUT2D eigenvalue weighted by molar-refractivity contribution is 6.30. The maximum Gasteiger partial charge on any atom is 0.122 e. The normalized spacial score (nSPS) is 12.7. The third-order valence-corrected chi connectivity index (χ3v) is 3.86. The van der Waals surface area contributed by atoms with Gasteiger partial charge in [0.15, 0.2) is 0 Å². The number of hydrogen-bond acceptors (Lipinski definition) is 2. The fourth-order valence-electron chi connectivity index (χ4n) is 2.64. The lowest BCUT2D eigenvalue weighted by Gasteiger charge is -2.24. The summed E-state index contributed by atoms with van der Waals surface area (Å²) in [5.74, 6) is 1.46. The molecule has 2 N–H and O–H groups in total. The van der Waals surface area contributed by atoms with Crippen LogP contribution in [0.15, 0.2) is 18.2 Å². The number of ether oxygens (including phenoxy) is 1. The Morgan fingerprint density at radius 1 is 1.21 bits per heavy atom. The van der Waals surface area contributed by atoms with Gasteiger partial charge >= 0.3 is 0 Å². The minimum atomic E-state index is 0.173. The molecule has 0 heterocycles. The maximum atomic E-state index is 6.40. The zero-order valence-electron chi connectivity index (χ0n) is 12.3. The Labute approximate surface area is 122 Å². The van der Waals surface area contributed by atoms with E-state index in [0.717, 1.165) is 22.8 Å². The van der Waals surface area contributed by atoms with Gasteiger partial charge in [-0.2, -0.15) is 0 Å². The van der Waals surface area contributed by atoms with Gasteiger partial charge in [-0.3, -0.25) is 0 Å². The molecule has 0 aromatic heterocycles. The van der Waals surface area contributed by atoms with Crippen molar-refractivity contribution >= 4 is 11.6 Å². The van der Waals surface area contributed by atoms with Crippen molar-refractivity contribution in [1.82, 2.24) is 0 Å². The molecule has 0 aliphatic heterocycles. The molecular weight excluding hydrogens is 258 g/mol. The molecule has 1 rings (SSSR count). The molecule has 0 spiro atoms. The number of methoxy groups -OCH3 is 1. The molecule has 1 atom stereocenters. The summed E-state index contributed by atoms with van der Waals surface area (Å²) in [4.78, 5) is 0. The standard InChI is InChI=1S/C16H26ClNO/c1-4-6-12(7-5-2)15(18)11-13-10-14(17)8-9-16(13)19-3/h8-10,12,15H,4-7,11,18H2,1-3H3. The summed E-state index contributed by atoms with van der Waals surface area (Å²) in [5, 5.41) is 0.741. The lowest BCUT2D eigenvalue weighted by molar-refractivity contribution is 0.353. The van der Waals surface area contributed by atoms with E-state index in [4.69, 9.17) is 22.1 Å². The fraction of sp³-hybridized carbons (Fsp3) is 0.625. The molecule has 19 heavy (non-hydrogen) atoms. The molecule has 0 aliphatic carbocycles. The molecule has 0 aliphatic rings. The summed E-state index contributed by atoms with van der Waals surface area (Å²) in [5.41, 5.74) is 7.51. The third kappa shape index (κ3) is 5.04. The van der Waals surface area contributed by atoms with Crippen LogP contribution in [0.2, 0.25) is 5.02 Å². The van der Waals surface area contributed by atoms with Crippen LogP contribution < -0.4 is 10.5 Å². The topological polar surface area (TPSA) is 35.2 Å². The Morgan fingerprint density at radius 3 is 2.37 bits per heavy atom. The van der Waals surface area contributed by atoms with Crippen LogP contribution >= 0.6 is 11.6 Å². The van der Waals surface area contributed by atoms with E-state index in [0.29, 0.717) is 5.92 Å². The predicted molar refractivity (Wildman–Crippen MR) is 83.0 cm³/mol. The Balaban J connectivity index is 2.78. The third-order valence-electron chi connectivity index (χ3n) is 3.62. The van der Waals surface area contributed by atoms with Crippen LogP contribution in [0.3, 0.4) is 0 Å². The Kier molecular flexibility index (Phi) is 7.25. The number of halogens is 1. The van der Waals surface area contributed by atoms with E-state index in [9.17, 15) is 0 Å². The van der Waals surface area contributed by atoms with Crippen molar-refractivity contribution in [3.05, 3.63) is 28.8 Å². The number of rotatable bonds is 8. The zero-order valence-corrected chi connectivity index (χ0v) is 13.0. The van der Waals surface area contributed by atoms with Gasteiger partial charge in [0.1, 0.15) is 5.75 Å². The van der Waals surface area contributed by atoms with Crippen LogP contribution in [0, 0.1) is 5.92 Å². The summed E-state index contributed by atoms with van der Waals surface area (Å²) in [7, 11) is 1.69. The van der Waals surface area contributed by atoms with E-state index < -0.39 is 0 Å². The van der Waals surface area contributed by atoms with Gasteiger partial charge in [-0.15, -0.1) is 0 Å². The second-order valence-corrected chi connectivity index (χ2v) is 5.60. The monoisotopic (exact) mass is 283 g/mol. The first kappa shape index (κ1) is 16.3. The van der Waals surface area contributed by atoms with Crippen molar-refractivity contribution in [2.24, 2.45) is 11.7 Å². The first-order chi connectivity index (χ1) is 9.12. The van der Waals surface area contributed by atoms with Crippen LogP contribution in [0.1, 0.15) is 45.1 Å². The van der Waals surface area contributed by atoms with Gasteiger partial charge in [0.05, 0.1) is 7.11 Å². The van der Waals surface area contributed by atoms with Gasteiger partial charge in [-0.1, -0.05) is 38.3 Å². The quantitative estimate of drug-likeness (QED) is 0.766. The van der Waals surface area contributed by atoms with Crippen LogP contribution in [-0.4, -0.2) is 13.2 Å².